The Hall–Kier alpha value is -3.26. The van der Waals surface area contributed by atoms with Crippen molar-refractivity contribution in [2.24, 2.45) is 0 Å². The first kappa shape index (κ1) is 20.1. The molecule has 0 aliphatic rings. The second kappa shape index (κ2) is 9.44. The molecule has 1 unspecified atom stereocenters. The minimum atomic E-state index is -0.436. The van der Waals surface area contributed by atoms with Gasteiger partial charge in [-0.05, 0) is 51.5 Å². The van der Waals surface area contributed by atoms with Crippen molar-refractivity contribution >= 4 is 11.6 Å². The minimum Gasteiger partial charge on any atom is -0.494 e. The number of amides is 1. The predicted molar refractivity (Wildman–Crippen MR) is 107 cm³/mol. The summed E-state index contributed by atoms with van der Waals surface area (Å²) in [5, 5.41) is 15.2. The van der Waals surface area contributed by atoms with Crippen LogP contribution in [0.3, 0.4) is 0 Å². The summed E-state index contributed by atoms with van der Waals surface area (Å²) in [6.45, 7) is 8.30. The molecule has 0 fully saturated rings. The summed E-state index contributed by atoms with van der Waals surface area (Å²) in [6.07, 6.45) is 1.43. The maximum absolute atomic E-state index is 12.5. The summed E-state index contributed by atoms with van der Waals surface area (Å²) in [5.41, 5.74) is 3.88. The van der Waals surface area contributed by atoms with Gasteiger partial charge >= 0.3 is 0 Å². The number of nitriles is 1. The van der Waals surface area contributed by atoms with E-state index in [9.17, 15) is 10.1 Å². The summed E-state index contributed by atoms with van der Waals surface area (Å²) in [7, 11) is 0. The van der Waals surface area contributed by atoms with Gasteiger partial charge < -0.3 is 15.4 Å². The highest BCUT2D eigenvalue weighted by atomic mass is 16.5. The highest BCUT2D eigenvalue weighted by Gasteiger charge is 2.17. The first-order valence-corrected chi connectivity index (χ1v) is 8.92. The zero-order valence-electron chi connectivity index (χ0n) is 16.2. The van der Waals surface area contributed by atoms with E-state index in [1.807, 2.05) is 76.2 Å². The van der Waals surface area contributed by atoms with Crippen LogP contribution >= 0.6 is 0 Å². The summed E-state index contributed by atoms with van der Waals surface area (Å²) >= 11 is 0. The Kier molecular flexibility index (Phi) is 7.01. The molecule has 0 saturated heterocycles. The van der Waals surface area contributed by atoms with Crippen LogP contribution in [0.25, 0.3) is 0 Å². The van der Waals surface area contributed by atoms with Crippen molar-refractivity contribution in [3.05, 3.63) is 70.9 Å². The number of hydrogen-bond donors (Lipinski definition) is 2. The lowest BCUT2D eigenvalue weighted by Crippen LogP contribution is -2.28. The molecule has 0 radical (unpaired) electrons. The Morgan fingerprint density at radius 2 is 1.96 bits per heavy atom. The second-order valence-electron chi connectivity index (χ2n) is 6.35. The molecule has 0 aliphatic heterocycles. The third-order valence-electron chi connectivity index (χ3n) is 4.05. The molecule has 0 aromatic heterocycles. The number of ether oxygens (including phenoxy) is 1. The minimum absolute atomic E-state index is 0.00830. The molecule has 2 rings (SSSR count). The summed E-state index contributed by atoms with van der Waals surface area (Å²) in [4.78, 5) is 12.5. The van der Waals surface area contributed by atoms with Crippen LogP contribution in [0.15, 0.2) is 54.2 Å². The lowest BCUT2D eigenvalue weighted by Gasteiger charge is -2.18. The van der Waals surface area contributed by atoms with Crippen molar-refractivity contribution in [3.63, 3.8) is 0 Å². The van der Waals surface area contributed by atoms with Crippen molar-refractivity contribution < 1.29 is 9.53 Å². The van der Waals surface area contributed by atoms with Crippen LogP contribution in [-0.4, -0.2) is 12.5 Å². The highest BCUT2D eigenvalue weighted by molar-refractivity contribution is 5.97. The quantitative estimate of drug-likeness (QED) is 0.565. The van der Waals surface area contributed by atoms with Crippen LogP contribution in [0.5, 0.6) is 5.75 Å². The molecule has 0 bridgehead atoms. The SMILES string of the molecule is CCOc1ccc(C)cc1C(C)NC(=O)/C(C#N)=C\Nc1cccc(C)c1. The molecular weight excluding hydrogens is 338 g/mol. The summed E-state index contributed by atoms with van der Waals surface area (Å²) in [5.74, 6) is 0.297. The maximum Gasteiger partial charge on any atom is 0.263 e. The van der Waals surface area contributed by atoms with Gasteiger partial charge in [0.15, 0.2) is 0 Å². The fraction of sp³-hybridized carbons (Fsp3) is 0.273. The van der Waals surface area contributed by atoms with Gasteiger partial charge in [-0.1, -0.05) is 29.8 Å². The molecule has 2 aromatic carbocycles. The van der Waals surface area contributed by atoms with Gasteiger partial charge in [0.2, 0.25) is 0 Å². The van der Waals surface area contributed by atoms with E-state index in [0.29, 0.717) is 6.61 Å². The Balaban J connectivity index is 2.13. The third-order valence-corrected chi connectivity index (χ3v) is 4.05. The maximum atomic E-state index is 12.5. The Bertz CT molecular complexity index is 881. The van der Waals surface area contributed by atoms with E-state index < -0.39 is 5.91 Å². The number of aryl methyl sites for hydroxylation is 2. The van der Waals surface area contributed by atoms with E-state index in [0.717, 1.165) is 28.1 Å². The standard InChI is InChI=1S/C22H25N3O2/c1-5-27-21-10-9-16(3)12-20(21)17(4)25-22(26)18(13-23)14-24-19-8-6-7-15(2)11-19/h6-12,14,17,24H,5H2,1-4H3,(H,25,26)/b18-14-. The molecule has 0 aliphatic carbocycles. The number of carbonyl (C=O) groups excluding carboxylic acids is 1. The van der Waals surface area contributed by atoms with Crippen LogP contribution in [0.1, 0.15) is 36.6 Å². The van der Waals surface area contributed by atoms with Crippen LogP contribution < -0.4 is 15.4 Å². The first-order chi connectivity index (χ1) is 12.9. The summed E-state index contributed by atoms with van der Waals surface area (Å²) in [6, 6.07) is 15.2. The van der Waals surface area contributed by atoms with Crippen LogP contribution in [0, 0.1) is 25.2 Å². The molecule has 1 atom stereocenters. The lowest BCUT2D eigenvalue weighted by molar-refractivity contribution is -0.117. The second-order valence-corrected chi connectivity index (χ2v) is 6.35. The fourth-order valence-electron chi connectivity index (χ4n) is 2.68. The van der Waals surface area contributed by atoms with E-state index >= 15 is 0 Å². The molecule has 2 aromatic rings. The molecule has 27 heavy (non-hydrogen) atoms. The number of carbonyl (C=O) groups is 1. The average Bonchev–Trinajstić information content (AvgIpc) is 2.64. The van der Waals surface area contributed by atoms with Crippen LogP contribution in [0.2, 0.25) is 0 Å². The molecule has 0 heterocycles. The van der Waals surface area contributed by atoms with Gasteiger partial charge in [-0.15, -0.1) is 0 Å². The predicted octanol–water partition coefficient (Wildman–Crippen LogP) is 4.40. The van der Waals surface area contributed by atoms with Gasteiger partial charge in [-0.25, -0.2) is 0 Å². The number of nitrogens with one attached hydrogen (secondary N) is 2. The number of hydrogen-bond acceptors (Lipinski definition) is 4. The molecule has 1 amide bonds. The Morgan fingerprint density at radius 3 is 2.63 bits per heavy atom. The number of nitrogens with zero attached hydrogens (tertiary/aromatic N) is 1. The molecule has 0 spiro atoms. The van der Waals surface area contributed by atoms with E-state index in [1.165, 1.54) is 6.20 Å². The van der Waals surface area contributed by atoms with Crippen molar-refractivity contribution in [2.75, 3.05) is 11.9 Å². The molecule has 0 saturated carbocycles. The van der Waals surface area contributed by atoms with Crippen LogP contribution in [-0.2, 0) is 4.79 Å². The number of anilines is 1. The number of benzene rings is 2. The van der Waals surface area contributed by atoms with E-state index in [1.54, 1.807) is 0 Å². The normalized spacial score (nSPS) is 12.0. The van der Waals surface area contributed by atoms with Crippen molar-refractivity contribution in [2.45, 2.75) is 33.7 Å². The topological polar surface area (TPSA) is 74.1 Å². The lowest BCUT2D eigenvalue weighted by atomic mass is 10.0. The Labute approximate surface area is 160 Å². The van der Waals surface area contributed by atoms with Crippen molar-refractivity contribution in [1.29, 1.82) is 5.26 Å². The largest absolute Gasteiger partial charge is 0.494 e. The van der Waals surface area contributed by atoms with Gasteiger partial charge in [0, 0.05) is 17.5 Å². The first-order valence-electron chi connectivity index (χ1n) is 8.92. The zero-order chi connectivity index (χ0) is 19.8. The van der Waals surface area contributed by atoms with Crippen molar-refractivity contribution in [3.8, 4) is 11.8 Å². The molecular formula is C22H25N3O2. The van der Waals surface area contributed by atoms with Crippen LogP contribution in [0.4, 0.5) is 5.69 Å². The highest BCUT2D eigenvalue weighted by Crippen LogP contribution is 2.26. The molecule has 2 N–H and O–H groups in total. The number of rotatable bonds is 7. The third kappa shape index (κ3) is 5.61. The van der Waals surface area contributed by atoms with Gasteiger partial charge in [-0.2, -0.15) is 5.26 Å². The molecule has 140 valence electrons. The van der Waals surface area contributed by atoms with Gasteiger partial charge in [0.25, 0.3) is 5.91 Å². The van der Waals surface area contributed by atoms with Gasteiger partial charge in [0.1, 0.15) is 17.4 Å². The van der Waals surface area contributed by atoms with E-state index in [4.69, 9.17) is 4.74 Å². The van der Waals surface area contributed by atoms with Crippen molar-refractivity contribution in [1.82, 2.24) is 5.32 Å². The molecule has 5 nitrogen and oxygen atoms in total. The monoisotopic (exact) mass is 363 g/mol. The summed E-state index contributed by atoms with van der Waals surface area (Å²) < 4.78 is 5.65. The smallest absolute Gasteiger partial charge is 0.263 e. The molecule has 5 heteroatoms. The van der Waals surface area contributed by atoms with E-state index in [-0.39, 0.29) is 11.6 Å². The van der Waals surface area contributed by atoms with E-state index in [2.05, 4.69) is 10.6 Å². The average molecular weight is 363 g/mol. The Morgan fingerprint density at radius 1 is 1.22 bits per heavy atom. The van der Waals surface area contributed by atoms with Gasteiger partial charge in [0.05, 0.1) is 12.6 Å². The fourth-order valence-corrected chi connectivity index (χ4v) is 2.68. The zero-order valence-corrected chi connectivity index (χ0v) is 16.2. The van der Waals surface area contributed by atoms with Gasteiger partial charge in [-0.3, -0.25) is 4.79 Å².